The molecule has 2 saturated heterocycles. The van der Waals surface area contributed by atoms with Crippen LogP contribution in [0.25, 0.3) is 0 Å². The number of carbonyl (C=O) groups is 2. The molecule has 2 amide bonds. The molecule has 25 heavy (non-hydrogen) atoms. The summed E-state index contributed by atoms with van der Waals surface area (Å²) in [6.07, 6.45) is 0.330. The number of aromatic nitrogens is 1. The molecule has 2 aliphatic rings. The minimum atomic E-state index is -0.207. The van der Waals surface area contributed by atoms with E-state index in [1.165, 1.54) is 11.1 Å². The molecule has 1 aromatic rings. The average molecular weight is 346 g/mol. The third kappa shape index (κ3) is 3.46. The zero-order valence-electron chi connectivity index (χ0n) is 15.3. The Hall–Kier alpha value is -2.15. The number of nitrogens with one attached hydrogen (secondary N) is 1. The SMILES string of the molecule is CNC(=O)C1CC(=O)N(C2CN(Cc3c(C)cc(OC)nc3C)C2)C1. The van der Waals surface area contributed by atoms with Gasteiger partial charge in [0.1, 0.15) is 0 Å². The Morgan fingerprint density at radius 3 is 2.68 bits per heavy atom. The molecule has 2 aliphatic heterocycles. The van der Waals surface area contributed by atoms with Gasteiger partial charge in [-0.05, 0) is 25.0 Å². The van der Waals surface area contributed by atoms with Gasteiger partial charge in [0.2, 0.25) is 17.7 Å². The first kappa shape index (κ1) is 17.7. The molecular weight excluding hydrogens is 320 g/mol. The van der Waals surface area contributed by atoms with Crippen molar-refractivity contribution < 1.29 is 14.3 Å². The molecule has 2 fully saturated rings. The monoisotopic (exact) mass is 346 g/mol. The Bertz CT molecular complexity index is 662. The van der Waals surface area contributed by atoms with E-state index in [0.717, 1.165) is 25.3 Å². The number of amides is 2. The molecule has 136 valence electrons. The van der Waals surface area contributed by atoms with Crippen molar-refractivity contribution in [3.63, 3.8) is 0 Å². The molecule has 0 bridgehead atoms. The number of nitrogens with zero attached hydrogens (tertiary/aromatic N) is 3. The summed E-state index contributed by atoms with van der Waals surface area (Å²) in [4.78, 5) is 32.6. The minimum Gasteiger partial charge on any atom is -0.481 e. The normalized spacial score (nSPS) is 21.4. The second kappa shape index (κ2) is 7.00. The van der Waals surface area contributed by atoms with E-state index < -0.39 is 0 Å². The van der Waals surface area contributed by atoms with E-state index >= 15 is 0 Å². The molecule has 7 heteroatoms. The van der Waals surface area contributed by atoms with E-state index in [2.05, 4.69) is 22.1 Å². The zero-order valence-corrected chi connectivity index (χ0v) is 15.3. The molecule has 3 heterocycles. The number of carbonyl (C=O) groups excluding carboxylic acids is 2. The molecule has 7 nitrogen and oxygen atoms in total. The van der Waals surface area contributed by atoms with Crippen LogP contribution in [0.5, 0.6) is 5.88 Å². The minimum absolute atomic E-state index is 0.0393. The van der Waals surface area contributed by atoms with Crippen LogP contribution in [0.4, 0.5) is 0 Å². The van der Waals surface area contributed by atoms with Gasteiger partial charge < -0.3 is 15.0 Å². The summed E-state index contributed by atoms with van der Waals surface area (Å²) in [5.74, 6) is 0.490. The fourth-order valence-electron chi connectivity index (χ4n) is 3.72. The smallest absolute Gasteiger partial charge is 0.225 e. The van der Waals surface area contributed by atoms with Gasteiger partial charge in [-0.15, -0.1) is 0 Å². The Balaban J connectivity index is 1.57. The van der Waals surface area contributed by atoms with E-state index in [4.69, 9.17) is 4.74 Å². The third-order valence-corrected chi connectivity index (χ3v) is 5.28. The van der Waals surface area contributed by atoms with Crippen LogP contribution >= 0.6 is 0 Å². The fraction of sp³-hybridized carbons (Fsp3) is 0.611. The van der Waals surface area contributed by atoms with Gasteiger partial charge in [-0.2, -0.15) is 0 Å². The van der Waals surface area contributed by atoms with Crippen molar-refractivity contribution in [2.24, 2.45) is 5.92 Å². The highest BCUT2D eigenvalue weighted by Gasteiger charge is 2.42. The van der Waals surface area contributed by atoms with Gasteiger partial charge in [0, 0.05) is 51.4 Å². The predicted octanol–water partition coefficient (Wildman–Crippen LogP) is 0.486. The van der Waals surface area contributed by atoms with Crippen LogP contribution in [-0.2, 0) is 16.1 Å². The Morgan fingerprint density at radius 2 is 2.08 bits per heavy atom. The molecule has 0 radical (unpaired) electrons. The lowest BCUT2D eigenvalue weighted by molar-refractivity contribution is -0.133. The fourth-order valence-corrected chi connectivity index (χ4v) is 3.72. The number of hydrogen-bond acceptors (Lipinski definition) is 5. The topological polar surface area (TPSA) is 74.8 Å². The van der Waals surface area contributed by atoms with Gasteiger partial charge in [0.25, 0.3) is 0 Å². The van der Waals surface area contributed by atoms with Crippen molar-refractivity contribution in [3.05, 3.63) is 22.9 Å². The number of hydrogen-bond donors (Lipinski definition) is 1. The van der Waals surface area contributed by atoms with Gasteiger partial charge in [-0.25, -0.2) is 4.98 Å². The largest absolute Gasteiger partial charge is 0.481 e. The molecule has 0 spiro atoms. The van der Waals surface area contributed by atoms with Gasteiger partial charge in [0.15, 0.2) is 0 Å². The van der Waals surface area contributed by atoms with Crippen molar-refractivity contribution in [2.75, 3.05) is 33.8 Å². The third-order valence-electron chi connectivity index (χ3n) is 5.28. The van der Waals surface area contributed by atoms with E-state index in [-0.39, 0.29) is 23.8 Å². The van der Waals surface area contributed by atoms with Crippen molar-refractivity contribution in [1.82, 2.24) is 20.1 Å². The lowest BCUT2D eigenvalue weighted by Crippen LogP contribution is -2.59. The molecule has 0 saturated carbocycles. The average Bonchev–Trinajstić information content (AvgIpc) is 2.92. The summed E-state index contributed by atoms with van der Waals surface area (Å²) >= 11 is 0. The molecule has 1 atom stereocenters. The molecular formula is C18H26N4O3. The van der Waals surface area contributed by atoms with Crippen molar-refractivity contribution in [2.45, 2.75) is 32.9 Å². The summed E-state index contributed by atoms with van der Waals surface area (Å²) in [7, 11) is 3.24. The molecule has 0 aromatic carbocycles. The van der Waals surface area contributed by atoms with E-state index in [0.29, 0.717) is 18.8 Å². The summed E-state index contributed by atoms with van der Waals surface area (Å²) in [6.45, 7) is 7.13. The Morgan fingerprint density at radius 1 is 1.36 bits per heavy atom. The maximum absolute atomic E-state index is 12.2. The van der Waals surface area contributed by atoms with Crippen LogP contribution in [0.1, 0.15) is 23.2 Å². The molecule has 0 aliphatic carbocycles. The van der Waals surface area contributed by atoms with Gasteiger partial charge >= 0.3 is 0 Å². The summed E-state index contributed by atoms with van der Waals surface area (Å²) < 4.78 is 5.21. The first-order valence-electron chi connectivity index (χ1n) is 8.67. The predicted molar refractivity (Wildman–Crippen MR) is 93.2 cm³/mol. The number of aryl methyl sites for hydroxylation is 2. The standard InChI is InChI=1S/C18H26N4O3/c1-11-5-16(25-4)20-12(2)15(11)10-21-8-14(9-21)22-7-13(6-17(22)23)18(24)19-3/h5,13-14H,6-10H2,1-4H3,(H,19,24). The first-order valence-corrected chi connectivity index (χ1v) is 8.67. The van der Waals surface area contributed by atoms with Crippen LogP contribution < -0.4 is 10.1 Å². The van der Waals surface area contributed by atoms with Crippen molar-refractivity contribution in [3.8, 4) is 5.88 Å². The number of likely N-dealkylation sites (tertiary alicyclic amines) is 2. The number of methoxy groups -OCH3 is 1. The van der Waals surface area contributed by atoms with Gasteiger partial charge in [-0.3, -0.25) is 14.5 Å². The first-order chi connectivity index (χ1) is 11.9. The number of ether oxygens (including phenoxy) is 1. The highest BCUT2D eigenvalue weighted by atomic mass is 16.5. The Kier molecular flexibility index (Phi) is 4.94. The molecule has 3 rings (SSSR count). The maximum atomic E-state index is 12.2. The molecule has 1 N–H and O–H groups in total. The van der Waals surface area contributed by atoms with Crippen molar-refractivity contribution in [1.29, 1.82) is 0 Å². The van der Waals surface area contributed by atoms with Crippen LogP contribution in [-0.4, -0.2) is 66.4 Å². The van der Waals surface area contributed by atoms with E-state index in [1.807, 2.05) is 17.9 Å². The summed E-state index contributed by atoms with van der Waals surface area (Å²) in [5.41, 5.74) is 3.37. The van der Waals surface area contributed by atoms with Crippen LogP contribution in [0.15, 0.2) is 6.07 Å². The van der Waals surface area contributed by atoms with Crippen LogP contribution in [0.2, 0.25) is 0 Å². The van der Waals surface area contributed by atoms with Crippen molar-refractivity contribution >= 4 is 11.8 Å². The summed E-state index contributed by atoms with van der Waals surface area (Å²) in [5, 5.41) is 2.64. The highest BCUT2D eigenvalue weighted by molar-refractivity contribution is 5.89. The van der Waals surface area contributed by atoms with E-state index in [9.17, 15) is 9.59 Å². The van der Waals surface area contributed by atoms with E-state index in [1.54, 1.807) is 14.2 Å². The Labute approximate surface area is 148 Å². The highest BCUT2D eigenvalue weighted by Crippen LogP contribution is 2.27. The van der Waals surface area contributed by atoms with Gasteiger partial charge in [-0.1, -0.05) is 0 Å². The number of pyridine rings is 1. The lowest BCUT2D eigenvalue weighted by atomic mass is 10.0. The zero-order chi connectivity index (χ0) is 18.1. The van der Waals surface area contributed by atoms with Gasteiger partial charge in [0.05, 0.1) is 19.1 Å². The van der Waals surface area contributed by atoms with Crippen LogP contribution in [0.3, 0.4) is 0 Å². The quantitative estimate of drug-likeness (QED) is 0.840. The number of rotatable bonds is 5. The molecule has 1 unspecified atom stereocenters. The molecule has 1 aromatic heterocycles. The lowest BCUT2D eigenvalue weighted by Gasteiger charge is -2.44. The second-order valence-electron chi connectivity index (χ2n) is 6.95. The summed E-state index contributed by atoms with van der Waals surface area (Å²) in [6, 6.07) is 2.17. The second-order valence-corrected chi connectivity index (χ2v) is 6.95. The van der Waals surface area contributed by atoms with Crippen LogP contribution in [0, 0.1) is 19.8 Å². The maximum Gasteiger partial charge on any atom is 0.225 e.